The lowest BCUT2D eigenvalue weighted by Gasteiger charge is -2.11. The largest absolute Gasteiger partial charge is 0.352 e. The first-order valence-corrected chi connectivity index (χ1v) is 5.20. The van der Waals surface area contributed by atoms with Crippen LogP contribution in [0.25, 0.3) is 0 Å². The third kappa shape index (κ3) is 3.87. The molecule has 0 spiro atoms. The smallest absolute Gasteiger partial charge is 0.224 e. The lowest BCUT2D eigenvalue weighted by atomic mass is 10.1. The van der Waals surface area contributed by atoms with Crippen LogP contribution in [0, 0.1) is 24.0 Å². The van der Waals surface area contributed by atoms with Crippen molar-refractivity contribution in [2.75, 3.05) is 0 Å². The zero-order valence-electron chi connectivity index (χ0n) is 9.47. The van der Waals surface area contributed by atoms with Gasteiger partial charge in [0.05, 0.1) is 6.42 Å². The van der Waals surface area contributed by atoms with Gasteiger partial charge in [-0.05, 0) is 19.1 Å². The summed E-state index contributed by atoms with van der Waals surface area (Å²) < 4.78 is 26.5. The Balaban J connectivity index is 2.66. The molecule has 0 radical (unpaired) electrons. The van der Waals surface area contributed by atoms with E-state index < -0.39 is 17.5 Å². The van der Waals surface area contributed by atoms with E-state index in [1.807, 2.05) is 0 Å². The average molecular weight is 237 g/mol. The molecular weight excluding hydrogens is 224 g/mol. The molecule has 1 rings (SSSR count). The minimum atomic E-state index is -0.718. The van der Waals surface area contributed by atoms with Crippen LogP contribution in [0.3, 0.4) is 0 Å². The fourth-order valence-electron chi connectivity index (χ4n) is 1.42. The molecule has 0 bridgehead atoms. The molecular formula is C13H13F2NO. The normalized spacial score (nSPS) is 11.6. The van der Waals surface area contributed by atoms with Crippen molar-refractivity contribution >= 4 is 5.91 Å². The third-order valence-corrected chi connectivity index (χ3v) is 2.23. The first-order chi connectivity index (χ1) is 8.04. The first kappa shape index (κ1) is 13.2. The Kier molecular flexibility index (Phi) is 4.65. The molecule has 1 amide bonds. The second-order valence-corrected chi connectivity index (χ2v) is 3.75. The van der Waals surface area contributed by atoms with Crippen LogP contribution in [-0.2, 0) is 11.2 Å². The van der Waals surface area contributed by atoms with Crippen LogP contribution in [0.4, 0.5) is 8.78 Å². The average Bonchev–Trinajstić information content (AvgIpc) is 2.24. The van der Waals surface area contributed by atoms with Gasteiger partial charge >= 0.3 is 0 Å². The molecule has 0 aliphatic heterocycles. The van der Waals surface area contributed by atoms with Crippen molar-refractivity contribution in [3.05, 3.63) is 35.4 Å². The van der Waals surface area contributed by atoms with Gasteiger partial charge in [-0.3, -0.25) is 4.79 Å². The van der Waals surface area contributed by atoms with Gasteiger partial charge in [-0.2, -0.15) is 0 Å². The van der Waals surface area contributed by atoms with Gasteiger partial charge in [0, 0.05) is 18.0 Å². The van der Waals surface area contributed by atoms with Gasteiger partial charge in [0.15, 0.2) is 0 Å². The summed E-state index contributed by atoms with van der Waals surface area (Å²) in [7, 11) is 0. The van der Waals surface area contributed by atoms with Crippen molar-refractivity contribution in [1.29, 1.82) is 0 Å². The van der Waals surface area contributed by atoms with E-state index in [0.29, 0.717) is 6.42 Å². The fraction of sp³-hybridized carbons (Fsp3) is 0.308. The Labute approximate surface area is 99.0 Å². The van der Waals surface area contributed by atoms with Gasteiger partial charge in [-0.25, -0.2) is 8.78 Å². The number of hydrogen-bond acceptors (Lipinski definition) is 1. The van der Waals surface area contributed by atoms with E-state index in [9.17, 15) is 13.6 Å². The van der Waals surface area contributed by atoms with E-state index in [2.05, 4.69) is 11.2 Å². The van der Waals surface area contributed by atoms with E-state index in [-0.39, 0.29) is 18.0 Å². The number of nitrogens with one attached hydrogen (secondary N) is 1. The Morgan fingerprint density at radius 2 is 2.06 bits per heavy atom. The van der Waals surface area contributed by atoms with E-state index >= 15 is 0 Å². The summed E-state index contributed by atoms with van der Waals surface area (Å²) >= 11 is 0. The molecule has 0 fully saturated rings. The van der Waals surface area contributed by atoms with Crippen molar-refractivity contribution < 1.29 is 13.6 Å². The SMILES string of the molecule is C#CCC(C)NC(=O)Cc1c(F)cccc1F. The molecule has 0 aliphatic rings. The molecule has 0 aromatic heterocycles. The fourth-order valence-corrected chi connectivity index (χ4v) is 1.42. The zero-order chi connectivity index (χ0) is 12.8. The number of terminal acetylenes is 1. The predicted molar refractivity (Wildman–Crippen MR) is 61.1 cm³/mol. The molecule has 1 N–H and O–H groups in total. The van der Waals surface area contributed by atoms with Crippen molar-refractivity contribution in [3.63, 3.8) is 0 Å². The minimum absolute atomic E-state index is 0.206. The maximum Gasteiger partial charge on any atom is 0.224 e. The summed E-state index contributed by atoms with van der Waals surface area (Å²) in [4.78, 5) is 11.5. The highest BCUT2D eigenvalue weighted by atomic mass is 19.1. The van der Waals surface area contributed by atoms with Crippen LogP contribution in [0.5, 0.6) is 0 Å². The van der Waals surface area contributed by atoms with Gasteiger partial charge in [0.25, 0.3) is 0 Å². The van der Waals surface area contributed by atoms with Crippen molar-refractivity contribution in [3.8, 4) is 12.3 Å². The van der Waals surface area contributed by atoms with Crippen molar-refractivity contribution in [2.45, 2.75) is 25.8 Å². The number of carbonyl (C=O) groups excluding carboxylic acids is 1. The summed E-state index contributed by atoms with van der Waals surface area (Å²) in [6.07, 6.45) is 5.14. The van der Waals surface area contributed by atoms with Crippen LogP contribution in [-0.4, -0.2) is 11.9 Å². The Hall–Kier alpha value is -1.89. The monoisotopic (exact) mass is 237 g/mol. The summed E-state index contributed by atoms with van der Waals surface area (Å²) in [5.41, 5.74) is -0.224. The number of rotatable bonds is 4. The van der Waals surface area contributed by atoms with Gasteiger partial charge in [0.1, 0.15) is 11.6 Å². The topological polar surface area (TPSA) is 29.1 Å². The van der Waals surface area contributed by atoms with Crippen LogP contribution in [0.1, 0.15) is 18.9 Å². The maximum atomic E-state index is 13.2. The molecule has 0 aliphatic carbocycles. The summed E-state index contributed by atoms with van der Waals surface area (Å²) in [5, 5.41) is 2.57. The minimum Gasteiger partial charge on any atom is -0.352 e. The Morgan fingerprint density at radius 1 is 1.47 bits per heavy atom. The zero-order valence-corrected chi connectivity index (χ0v) is 9.47. The van der Waals surface area contributed by atoms with E-state index in [1.54, 1.807) is 6.92 Å². The van der Waals surface area contributed by atoms with Crippen molar-refractivity contribution in [2.24, 2.45) is 0 Å². The van der Waals surface area contributed by atoms with Crippen LogP contribution in [0.2, 0.25) is 0 Å². The molecule has 0 saturated carbocycles. The molecule has 1 aromatic carbocycles. The number of hydrogen-bond donors (Lipinski definition) is 1. The molecule has 4 heteroatoms. The van der Waals surface area contributed by atoms with E-state index in [4.69, 9.17) is 6.42 Å². The second kappa shape index (κ2) is 6.00. The number of carbonyl (C=O) groups is 1. The van der Waals surface area contributed by atoms with Gasteiger partial charge in [0.2, 0.25) is 5.91 Å². The summed E-state index contributed by atoms with van der Waals surface area (Å²) in [6, 6.07) is 3.29. The van der Waals surface area contributed by atoms with E-state index in [1.165, 1.54) is 6.07 Å². The molecule has 0 heterocycles. The van der Waals surface area contributed by atoms with Crippen LogP contribution in [0.15, 0.2) is 18.2 Å². The number of halogens is 2. The number of benzene rings is 1. The highest BCUT2D eigenvalue weighted by molar-refractivity contribution is 5.78. The molecule has 1 aromatic rings. The first-order valence-electron chi connectivity index (χ1n) is 5.20. The molecule has 1 atom stereocenters. The quantitative estimate of drug-likeness (QED) is 0.798. The molecule has 0 saturated heterocycles. The van der Waals surface area contributed by atoms with Crippen LogP contribution < -0.4 is 5.32 Å². The van der Waals surface area contributed by atoms with Gasteiger partial charge in [-0.1, -0.05) is 6.07 Å². The third-order valence-electron chi connectivity index (χ3n) is 2.23. The molecule has 1 unspecified atom stereocenters. The Morgan fingerprint density at radius 3 is 2.59 bits per heavy atom. The maximum absolute atomic E-state index is 13.2. The Bertz CT molecular complexity index is 431. The molecule has 17 heavy (non-hydrogen) atoms. The van der Waals surface area contributed by atoms with Crippen molar-refractivity contribution in [1.82, 2.24) is 5.32 Å². The summed E-state index contributed by atoms with van der Waals surface area (Å²) in [5.74, 6) is 0.513. The van der Waals surface area contributed by atoms with Crippen LogP contribution >= 0.6 is 0 Å². The highest BCUT2D eigenvalue weighted by Gasteiger charge is 2.14. The molecule has 90 valence electrons. The van der Waals surface area contributed by atoms with E-state index in [0.717, 1.165) is 12.1 Å². The highest BCUT2D eigenvalue weighted by Crippen LogP contribution is 2.12. The predicted octanol–water partition coefficient (Wildman–Crippen LogP) is 2.04. The molecule has 2 nitrogen and oxygen atoms in total. The second-order valence-electron chi connectivity index (χ2n) is 3.75. The lowest BCUT2D eigenvalue weighted by molar-refractivity contribution is -0.121. The summed E-state index contributed by atoms with van der Waals surface area (Å²) in [6.45, 7) is 1.73. The lowest BCUT2D eigenvalue weighted by Crippen LogP contribution is -2.33. The number of amides is 1. The van der Waals surface area contributed by atoms with Gasteiger partial charge in [-0.15, -0.1) is 12.3 Å². The van der Waals surface area contributed by atoms with Gasteiger partial charge < -0.3 is 5.32 Å². The standard InChI is InChI=1S/C13H13F2NO/c1-3-5-9(2)16-13(17)8-10-11(14)6-4-7-12(10)15/h1,4,6-7,9H,5,8H2,2H3,(H,16,17).